The Balaban J connectivity index is 1.61. The molecular weight excluding hydrogens is 300 g/mol. The molecule has 1 aromatic heterocycles. The van der Waals surface area contributed by atoms with Gasteiger partial charge in [-0.15, -0.1) is 0 Å². The topological polar surface area (TPSA) is 53.4 Å². The number of fused-ring (bicyclic) bond motifs is 2. The van der Waals surface area contributed by atoms with E-state index < -0.39 is 5.97 Å². The number of nitrogens with zero attached hydrogens (tertiary/aromatic N) is 2. The Morgan fingerprint density at radius 2 is 1.83 bits per heavy atom. The molecule has 1 aromatic carbocycles. The lowest BCUT2D eigenvalue weighted by Crippen LogP contribution is -2.43. The van der Waals surface area contributed by atoms with E-state index in [2.05, 4.69) is 40.2 Å². The number of pyridine rings is 1. The highest BCUT2D eigenvalue weighted by Gasteiger charge is 2.41. The first-order valence-corrected chi connectivity index (χ1v) is 8.64. The van der Waals surface area contributed by atoms with E-state index in [0.717, 1.165) is 32.4 Å². The molecule has 0 radical (unpaired) electrons. The molecule has 1 saturated heterocycles. The number of carbonyl (C=O) groups is 1. The molecule has 0 atom stereocenters. The van der Waals surface area contributed by atoms with Crippen LogP contribution in [0.1, 0.15) is 30.4 Å². The molecule has 2 aliphatic rings. The third kappa shape index (κ3) is 2.71. The molecule has 1 fully saturated rings. The van der Waals surface area contributed by atoms with E-state index in [9.17, 15) is 4.79 Å². The molecule has 4 nitrogen and oxygen atoms in total. The standard InChI is InChI=1S/C20H22N2O2/c23-19(24)14-22-11-7-20(8-12-22)6-3-16-1-2-17(13-18(16)20)15-4-9-21-10-5-15/h1-2,4-5,9-10,13H,3,6-8,11-12,14H2,(H,23,24). The first kappa shape index (κ1) is 15.3. The fraction of sp³-hybridized carbons (Fsp3) is 0.400. The molecule has 2 aromatic rings. The number of hydrogen-bond acceptors (Lipinski definition) is 3. The van der Waals surface area contributed by atoms with E-state index in [1.807, 2.05) is 12.4 Å². The van der Waals surface area contributed by atoms with Crippen molar-refractivity contribution in [2.24, 2.45) is 0 Å². The van der Waals surface area contributed by atoms with Crippen LogP contribution in [0, 0.1) is 0 Å². The van der Waals surface area contributed by atoms with Gasteiger partial charge in [-0.2, -0.15) is 0 Å². The minimum atomic E-state index is -0.724. The minimum absolute atomic E-state index is 0.167. The molecule has 4 heteroatoms. The largest absolute Gasteiger partial charge is 0.480 e. The van der Waals surface area contributed by atoms with Crippen molar-refractivity contribution in [1.29, 1.82) is 0 Å². The zero-order chi connectivity index (χ0) is 16.6. The van der Waals surface area contributed by atoms with Crippen molar-refractivity contribution in [3.8, 4) is 11.1 Å². The van der Waals surface area contributed by atoms with Crippen molar-refractivity contribution >= 4 is 5.97 Å². The molecule has 4 rings (SSSR count). The van der Waals surface area contributed by atoms with Crippen LogP contribution in [0.4, 0.5) is 0 Å². The van der Waals surface area contributed by atoms with Crippen molar-refractivity contribution in [2.75, 3.05) is 19.6 Å². The smallest absolute Gasteiger partial charge is 0.317 e. The average Bonchev–Trinajstić information content (AvgIpc) is 2.95. The molecular formula is C20H22N2O2. The van der Waals surface area contributed by atoms with Crippen LogP contribution < -0.4 is 0 Å². The zero-order valence-corrected chi connectivity index (χ0v) is 13.7. The predicted molar refractivity (Wildman–Crippen MR) is 93.0 cm³/mol. The van der Waals surface area contributed by atoms with Gasteiger partial charge in [0.25, 0.3) is 0 Å². The van der Waals surface area contributed by atoms with Crippen LogP contribution in [0.3, 0.4) is 0 Å². The summed E-state index contributed by atoms with van der Waals surface area (Å²) in [6, 6.07) is 11.0. The number of benzene rings is 1. The van der Waals surface area contributed by atoms with E-state index in [4.69, 9.17) is 5.11 Å². The number of likely N-dealkylation sites (tertiary alicyclic amines) is 1. The number of carboxylic acids is 1. The summed E-state index contributed by atoms with van der Waals surface area (Å²) in [4.78, 5) is 17.1. The van der Waals surface area contributed by atoms with E-state index >= 15 is 0 Å². The summed E-state index contributed by atoms with van der Waals surface area (Å²) in [5.41, 5.74) is 5.67. The van der Waals surface area contributed by atoms with Gasteiger partial charge in [0.05, 0.1) is 6.54 Å². The number of aromatic nitrogens is 1. The lowest BCUT2D eigenvalue weighted by atomic mass is 9.73. The van der Waals surface area contributed by atoms with Gasteiger partial charge in [-0.25, -0.2) is 0 Å². The maximum atomic E-state index is 10.9. The summed E-state index contributed by atoms with van der Waals surface area (Å²) in [6.07, 6.45) is 8.14. The molecule has 24 heavy (non-hydrogen) atoms. The number of carboxylic acid groups (broad SMARTS) is 1. The van der Waals surface area contributed by atoms with Crippen molar-refractivity contribution in [3.63, 3.8) is 0 Å². The molecule has 1 aliphatic heterocycles. The second-order valence-electron chi connectivity index (χ2n) is 7.06. The highest BCUT2D eigenvalue weighted by atomic mass is 16.4. The van der Waals surface area contributed by atoms with Crippen molar-refractivity contribution in [2.45, 2.75) is 31.1 Å². The molecule has 1 spiro atoms. The Labute approximate surface area is 142 Å². The van der Waals surface area contributed by atoms with Crippen LogP contribution in [-0.2, 0) is 16.6 Å². The summed E-state index contributed by atoms with van der Waals surface area (Å²) in [5, 5.41) is 9.00. The van der Waals surface area contributed by atoms with Crippen LogP contribution in [0.2, 0.25) is 0 Å². The number of rotatable bonds is 3. The monoisotopic (exact) mass is 322 g/mol. The van der Waals surface area contributed by atoms with Crippen LogP contribution in [0.15, 0.2) is 42.7 Å². The highest BCUT2D eigenvalue weighted by molar-refractivity contribution is 5.69. The first-order valence-electron chi connectivity index (χ1n) is 8.64. The SMILES string of the molecule is O=C(O)CN1CCC2(CCc3ccc(-c4ccncc4)cc32)CC1. The molecule has 2 heterocycles. The molecule has 124 valence electrons. The summed E-state index contributed by atoms with van der Waals surface area (Å²) in [5.74, 6) is -0.724. The van der Waals surface area contributed by atoms with Crippen LogP contribution in [-0.4, -0.2) is 40.6 Å². The van der Waals surface area contributed by atoms with Gasteiger partial charge in [-0.1, -0.05) is 18.2 Å². The Bertz CT molecular complexity index is 749. The Kier molecular flexibility index (Phi) is 3.85. The van der Waals surface area contributed by atoms with Crippen molar-refractivity contribution in [3.05, 3.63) is 53.9 Å². The summed E-state index contributed by atoms with van der Waals surface area (Å²) < 4.78 is 0. The Morgan fingerprint density at radius 3 is 2.54 bits per heavy atom. The summed E-state index contributed by atoms with van der Waals surface area (Å²) in [7, 11) is 0. The fourth-order valence-corrected chi connectivity index (χ4v) is 4.37. The predicted octanol–water partition coefficient (Wildman–Crippen LogP) is 3.11. The van der Waals surface area contributed by atoms with Gasteiger partial charge in [0, 0.05) is 12.4 Å². The maximum absolute atomic E-state index is 10.9. The third-order valence-corrected chi connectivity index (χ3v) is 5.74. The van der Waals surface area contributed by atoms with Gasteiger partial charge in [0.2, 0.25) is 0 Å². The van der Waals surface area contributed by atoms with Crippen molar-refractivity contribution in [1.82, 2.24) is 9.88 Å². The Morgan fingerprint density at radius 1 is 1.08 bits per heavy atom. The second-order valence-corrected chi connectivity index (χ2v) is 7.06. The van der Waals surface area contributed by atoms with Gasteiger partial charge in [-0.05, 0) is 78.6 Å². The maximum Gasteiger partial charge on any atom is 0.317 e. The van der Waals surface area contributed by atoms with E-state index in [1.54, 1.807) is 0 Å². The molecule has 0 bridgehead atoms. The van der Waals surface area contributed by atoms with Crippen LogP contribution in [0.25, 0.3) is 11.1 Å². The van der Waals surface area contributed by atoms with E-state index in [1.165, 1.54) is 28.7 Å². The quantitative estimate of drug-likeness (QED) is 0.943. The molecule has 1 N–H and O–H groups in total. The lowest BCUT2D eigenvalue weighted by Gasteiger charge is -2.39. The van der Waals surface area contributed by atoms with Crippen LogP contribution in [0.5, 0.6) is 0 Å². The average molecular weight is 322 g/mol. The van der Waals surface area contributed by atoms with E-state index in [0.29, 0.717) is 0 Å². The van der Waals surface area contributed by atoms with E-state index in [-0.39, 0.29) is 12.0 Å². The number of aryl methyl sites for hydroxylation is 1. The highest BCUT2D eigenvalue weighted by Crippen LogP contribution is 2.47. The lowest BCUT2D eigenvalue weighted by molar-refractivity contribution is -0.138. The molecule has 0 unspecified atom stereocenters. The first-order chi connectivity index (χ1) is 11.7. The number of hydrogen-bond donors (Lipinski definition) is 1. The van der Waals surface area contributed by atoms with Gasteiger partial charge < -0.3 is 5.11 Å². The Hall–Kier alpha value is -2.20. The summed E-state index contributed by atoms with van der Waals surface area (Å²) >= 11 is 0. The fourth-order valence-electron chi connectivity index (χ4n) is 4.37. The van der Waals surface area contributed by atoms with Gasteiger partial charge >= 0.3 is 5.97 Å². The molecule has 0 saturated carbocycles. The molecule has 1 aliphatic carbocycles. The minimum Gasteiger partial charge on any atom is -0.480 e. The van der Waals surface area contributed by atoms with Gasteiger partial charge in [0.15, 0.2) is 0 Å². The molecule has 0 amide bonds. The summed E-state index contributed by atoms with van der Waals surface area (Å²) in [6.45, 7) is 1.93. The number of piperidine rings is 1. The third-order valence-electron chi connectivity index (χ3n) is 5.74. The van der Waals surface area contributed by atoms with Gasteiger partial charge in [0.1, 0.15) is 0 Å². The second kappa shape index (κ2) is 6.02. The zero-order valence-electron chi connectivity index (χ0n) is 13.7. The van der Waals surface area contributed by atoms with Crippen LogP contribution >= 0.6 is 0 Å². The van der Waals surface area contributed by atoms with Gasteiger partial charge in [-0.3, -0.25) is 14.7 Å². The number of aliphatic carboxylic acids is 1. The van der Waals surface area contributed by atoms with Crippen molar-refractivity contribution < 1.29 is 9.90 Å². The normalized spacial score (nSPS) is 19.3.